The number of hydrogen-bond acceptors (Lipinski definition) is 6. The third-order valence-electron chi connectivity index (χ3n) is 5.28. The van der Waals surface area contributed by atoms with E-state index in [9.17, 15) is 5.11 Å². The van der Waals surface area contributed by atoms with Crippen molar-refractivity contribution in [1.82, 2.24) is 0 Å². The lowest BCUT2D eigenvalue weighted by Gasteiger charge is -2.37. The number of aliphatic hydroxyl groups is 1. The first-order chi connectivity index (χ1) is 12.3. The van der Waals surface area contributed by atoms with Gasteiger partial charge in [0.15, 0.2) is 0 Å². The van der Waals surface area contributed by atoms with Gasteiger partial charge in [0.2, 0.25) is 0 Å². The van der Waals surface area contributed by atoms with Crippen LogP contribution in [-0.2, 0) is 0 Å². The van der Waals surface area contributed by atoms with Crippen LogP contribution in [0.3, 0.4) is 0 Å². The molecule has 0 fully saturated rings. The van der Waals surface area contributed by atoms with E-state index in [1.54, 1.807) is 6.92 Å². The average molecular weight is 414 g/mol. The van der Waals surface area contributed by atoms with Gasteiger partial charge in [0.25, 0.3) is 0 Å². The van der Waals surface area contributed by atoms with Crippen molar-refractivity contribution in [3.8, 4) is 0 Å². The Kier molecular flexibility index (Phi) is 17.2. The Balaban J connectivity index is 0. The molecule has 166 valence electrons. The fraction of sp³-hybridized carbons (Fsp3) is 1.00. The second kappa shape index (κ2) is 15.9. The summed E-state index contributed by atoms with van der Waals surface area (Å²) in [5.41, 5.74) is 4.56. The monoisotopic (exact) mass is 413 g/mol. The third kappa shape index (κ3) is 24.0. The molecule has 0 radical (unpaired) electrons. The highest BCUT2D eigenvalue weighted by Crippen LogP contribution is 2.32. The van der Waals surface area contributed by atoms with Gasteiger partial charge >= 0.3 is 0 Å². The van der Waals surface area contributed by atoms with E-state index in [-0.39, 0.29) is 5.41 Å². The molecule has 0 heterocycles. The molecule has 1 unspecified atom stereocenters. The Morgan fingerprint density at radius 3 is 1.22 bits per heavy atom. The van der Waals surface area contributed by atoms with Crippen molar-refractivity contribution in [2.75, 3.05) is 0 Å². The van der Waals surface area contributed by atoms with E-state index in [0.717, 1.165) is 6.42 Å². The maximum Gasteiger partial charge on any atom is 0.115 e. The van der Waals surface area contributed by atoms with Crippen LogP contribution >= 0.6 is 0 Å². The molecule has 0 spiro atoms. The summed E-state index contributed by atoms with van der Waals surface area (Å²) in [6.45, 7) is 8.12. The Morgan fingerprint density at radius 1 is 0.704 bits per heavy atom. The van der Waals surface area contributed by atoms with Crippen LogP contribution in [0.5, 0.6) is 0 Å². The summed E-state index contributed by atoms with van der Waals surface area (Å²) in [6.07, 6.45) is 18.9. The Morgan fingerprint density at radius 2 is 0.963 bits per heavy atom. The minimum absolute atomic E-state index is 0.190. The predicted molar refractivity (Wildman–Crippen MR) is 101 cm³/mol. The van der Waals surface area contributed by atoms with Crippen molar-refractivity contribution < 1.29 is 34.0 Å². The van der Waals surface area contributed by atoms with E-state index in [0.29, 0.717) is 0 Å². The zero-order valence-corrected chi connectivity index (χ0v) is 18.7. The molecule has 6 nitrogen and oxygen atoms in total. The molecule has 0 aliphatic carbocycles. The molecule has 0 aromatic rings. The van der Waals surface area contributed by atoms with Gasteiger partial charge in [0, 0.05) is 5.41 Å². The minimum atomic E-state index is -4.69. The lowest BCUT2D eigenvalue weighted by atomic mass is 9.78. The van der Waals surface area contributed by atoms with E-state index in [1.807, 2.05) is 0 Å². The molecule has 0 aromatic carbocycles. The number of hydrogen-bond donors (Lipinski definition) is 3. The standard InChI is InChI=1S/C20H43NO.ClHO4/c1-5-6-7-8-9-10-11-12-13-14-15-16-17-18-19(2,3)20(4,21)22;2-1(3,4)5/h22H,5-18,21H2,1-4H3;(H,2,3,4,5). The summed E-state index contributed by atoms with van der Waals surface area (Å²) in [4.78, 5) is 0. The molecule has 7 heteroatoms. The number of rotatable bonds is 15. The van der Waals surface area contributed by atoms with Crippen LogP contribution in [0.2, 0.25) is 0 Å². The van der Waals surface area contributed by atoms with Crippen molar-refractivity contribution in [2.45, 2.75) is 123 Å². The van der Waals surface area contributed by atoms with Crippen molar-refractivity contribution >= 4 is 0 Å². The molecule has 0 saturated heterocycles. The minimum Gasteiger partial charge on any atom is -0.376 e. The van der Waals surface area contributed by atoms with Gasteiger partial charge < -0.3 is 10.8 Å². The van der Waals surface area contributed by atoms with E-state index >= 15 is 0 Å². The molecule has 0 bridgehead atoms. The van der Waals surface area contributed by atoms with E-state index in [4.69, 9.17) is 24.4 Å². The summed E-state index contributed by atoms with van der Waals surface area (Å²) in [6, 6.07) is 0. The highest BCUT2D eigenvalue weighted by Gasteiger charge is 2.34. The van der Waals surface area contributed by atoms with Gasteiger partial charge in [-0.1, -0.05) is 104 Å². The Bertz CT molecular complexity index is 321. The third-order valence-corrected chi connectivity index (χ3v) is 5.28. The molecule has 0 aliphatic heterocycles. The van der Waals surface area contributed by atoms with Crippen LogP contribution in [0.15, 0.2) is 0 Å². The summed E-state index contributed by atoms with van der Waals surface area (Å²) in [7, 11) is -4.69. The second-order valence-electron chi connectivity index (χ2n) is 8.42. The zero-order chi connectivity index (χ0) is 21.4. The van der Waals surface area contributed by atoms with Crippen molar-refractivity contribution in [1.29, 1.82) is 0 Å². The predicted octanol–water partition coefficient (Wildman–Crippen LogP) is 2.04. The number of halogens is 1. The van der Waals surface area contributed by atoms with Crippen molar-refractivity contribution in [2.24, 2.45) is 11.1 Å². The van der Waals surface area contributed by atoms with Crippen molar-refractivity contribution in [3.63, 3.8) is 0 Å². The maximum absolute atomic E-state index is 9.91. The van der Waals surface area contributed by atoms with Gasteiger partial charge in [-0.25, -0.2) is 0 Å². The summed E-state index contributed by atoms with van der Waals surface area (Å²) < 4.78 is 32.7. The highest BCUT2D eigenvalue weighted by atomic mass is 35.7. The smallest absolute Gasteiger partial charge is 0.115 e. The second-order valence-corrected chi connectivity index (χ2v) is 9.21. The molecule has 0 amide bonds. The summed E-state index contributed by atoms with van der Waals surface area (Å²) in [5.74, 6) is 0. The molecule has 27 heavy (non-hydrogen) atoms. The first-order valence-electron chi connectivity index (χ1n) is 10.5. The normalized spacial score (nSPS) is 14.4. The van der Waals surface area contributed by atoms with Crippen LogP contribution in [-0.4, -0.2) is 15.5 Å². The molecular formula is C20H44ClNO5. The molecule has 0 rings (SSSR count). The average Bonchev–Trinajstić information content (AvgIpc) is 2.49. The van der Waals surface area contributed by atoms with E-state index in [1.165, 1.54) is 83.5 Å². The van der Waals surface area contributed by atoms with Gasteiger partial charge in [-0.15, -0.1) is 0 Å². The number of nitrogens with two attached hydrogens (primary N) is 1. The summed E-state index contributed by atoms with van der Waals surface area (Å²) in [5, 5.41) is 9.91. The first kappa shape index (κ1) is 29.3. The van der Waals surface area contributed by atoms with Gasteiger partial charge in [-0.2, -0.15) is 14.0 Å². The maximum atomic E-state index is 9.91. The first-order valence-corrected chi connectivity index (χ1v) is 11.7. The largest absolute Gasteiger partial charge is 0.376 e. The van der Waals surface area contributed by atoms with Gasteiger partial charge in [0.05, 0.1) is 14.9 Å². The van der Waals surface area contributed by atoms with Gasteiger partial charge in [0.1, 0.15) is 5.72 Å². The number of unbranched alkanes of at least 4 members (excludes halogenated alkanes) is 12. The van der Waals surface area contributed by atoms with Crippen LogP contribution in [0, 0.1) is 15.7 Å². The lowest BCUT2D eigenvalue weighted by Crippen LogP contribution is -2.58. The Hall–Kier alpha value is 0.0500. The van der Waals surface area contributed by atoms with Crippen molar-refractivity contribution in [3.05, 3.63) is 0 Å². The van der Waals surface area contributed by atoms with E-state index in [2.05, 4.69) is 20.8 Å². The van der Waals surface area contributed by atoms with Crippen LogP contribution < -0.4 is 19.7 Å². The quantitative estimate of drug-likeness (QED) is 0.277. The van der Waals surface area contributed by atoms with Gasteiger partial charge in [-0.05, 0) is 13.3 Å². The molecule has 1 atom stereocenters. The summed E-state index contributed by atoms with van der Waals surface area (Å²) >= 11 is 0. The Labute approximate surface area is 168 Å². The fourth-order valence-corrected chi connectivity index (χ4v) is 2.84. The SMILES string of the molecule is CCCCCCCCCCCCCCCC(C)(C)C(C)(N)O.[O-][Cl+3]([O-])([O-])O. The molecular weight excluding hydrogens is 370 g/mol. The van der Waals surface area contributed by atoms with Crippen LogP contribution in [0.25, 0.3) is 0 Å². The van der Waals surface area contributed by atoms with Crippen LogP contribution in [0.4, 0.5) is 0 Å². The van der Waals surface area contributed by atoms with Gasteiger partial charge in [-0.3, -0.25) is 0 Å². The van der Waals surface area contributed by atoms with E-state index < -0.39 is 16.0 Å². The molecule has 0 aromatic heterocycles. The fourth-order valence-electron chi connectivity index (χ4n) is 2.84. The molecule has 0 saturated carbocycles. The lowest BCUT2D eigenvalue weighted by molar-refractivity contribution is -1.92. The highest BCUT2D eigenvalue weighted by molar-refractivity contribution is 4.84. The van der Waals surface area contributed by atoms with Crippen LogP contribution in [0.1, 0.15) is 118 Å². The zero-order valence-electron chi connectivity index (χ0n) is 18.0. The molecule has 0 aliphatic rings. The topological polar surface area (TPSA) is 136 Å². The molecule has 4 N–H and O–H groups in total.